The second kappa shape index (κ2) is 6.12. The summed E-state index contributed by atoms with van der Waals surface area (Å²) in [7, 11) is 1.61. The van der Waals surface area contributed by atoms with Crippen LogP contribution in [0.3, 0.4) is 0 Å². The van der Waals surface area contributed by atoms with Gasteiger partial charge in [0.15, 0.2) is 0 Å². The maximum atomic E-state index is 5.97. The van der Waals surface area contributed by atoms with E-state index in [1.165, 1.54) is 5.56 Å². The molecule has 0 aliphatic heterocycles. The van der Waals surface area contributed by atoms with Gasteiger partial charge in [0, 0.05) is 6.54 Å². The van der Waals surface area contributed by atoms with E-state index < -0.39 is 0 Å². The summed E-state index contributed by atoms with van der Waals surface area (Å²) >= 11 is 11.5. The van der Waals surface area contributed by atoms with Gasteiger partial charge in [-0.15, -0.1) is 11.6 Å². The Kier molecular flexibility index (Phi) is 5.09. The molecule has 0 bridgehead atoms. The number of alkyl halides is 1. The van der Waals surface area contributed by atoms with Crippen LogP contribution in [0, 0.1) is 0 Å². The molecule has 78 valence electrons. The summed E-state index contributed by atoms with van der Waals surface area (Å²) in [6.07, 6.45) is 0.913. The third kappa shape index (κ3) is 3.37. The maximum absolute atomic E-state index is 5.97. The van der Waals surface area contributed by atoms with E-state index in [-0.39, 0.29) is 0 Å². The van der Waals surface area contributed by atoms with Crippen LogP contribution in [0.15, 0.2) is 18.2 Å². The summed E-state index contributed by atoms with van der Waals surface area (Å²) < 4.78 is 5.06. The van der Waals surface area contributed by atoms with E-state index >= 15 is 0 Å². The molecule has 0 saturated heterocycles. The number of nitrogens with one attached hydrogen (secondary N) is 1. The van der Waals surface area contributed by atoms with Crippen molar-refractivity contribution in [1.29, 1.82) is 0 Å². The Morgan fingerprint density at radius 2 is 2.21 bits per heavy atom. The van der Waals surface area contributed by atoms with Gasteiger partial charge in [-0.1, -0.05) is 17.7 Å². The highest BCUT2D eigenvalue weighted by atomic mass is 35.5. The Bertz CT molecular complexity index is 291. The number of ether oxygens (including phenoxy) is 1. The number of methoxy groups -OCH3 is 1. The molecule has 14 heavy (non-hydrogen) atoms. The third-order valence-electron chi connectivity index (χ3n) is 1.90. The van der Waals surface area contributed by atoms with E-state index in [1.807, 2.05) is 18.2 Å². The van der Waals surface area contributed by atoms with Gasteiger partial charge in [0.1, 0.15) is 5.75 Å². The summed E-state index contributed by atoms with van der Waals surface area (Å²) in [6.45, 7) is 0.853. The smallest absolute Gasteiger partial charge is 0.137 e. The molecule has 0 amide bonds. The van der Waals surface area contributed by atoms with E-state index in [4.69, 9.17) is 27.9 Å². The number of halogens is 2. The summed E-state index contributed by atoms with van der Waals surface area (Å²) in [5, 5.41) is 3.68. The first kappa shape index (κ1) is 11.6. The third-order valence-corrected chi connectivity index (χ3v) is 2.39. The summed E-state index contributed by atoms with van der Waals surface area (Å²) in [5.41, 5.74) is 1.17. The fraction of sp³-hybridized carbons (Fsp3) is 0.400. The van der Waals surface area contributed by atoms with E-state index in [0.717, 1.165) is 13.0 Å². The van der Waals surface area contributed by atoms with Gasteiger partial charge in [-0.25, -0.2) is 0 Å². The van der Waals surface area contributed by atoms with E-state index in [9.17, 15) is 0 Å². The fourth-order valence-electron chi connectivity index (χ4n) is 1.16. The molecule has 0 fully saturated rings. The molecule has 0 atom stereocenters. The normalized spacial score (nSPS) is 10.2. The SMILES string of the molecule is COc1ccc(CCNCCl)cc1Cl. The predicted octanol–water partition coefficient (Wildman–Crippen LogP) is 2.68. The van der Waals surface area contributed by atoms with Gasteiger partial charge in [-0.3, -0.25) is 0 Å². The first-order chi connectivity index (χ1) is 6.77. The zero-order valence-corrected chi connectivity index (χ0v) is 9.53. The van der Waals surface area contributed by atoms with Gasteiger partial charge in [0.2, 0.25) is 0 Å². The number of hydrogen-bond donors (Lipinski definition) is 1. The lowest BCUT2D eigenvalue weighted by Crippen LogP contribution is -2.14. The summed E-state index contributed by atoms with van der Waals surface area (Å²) in [5.74, 6) is 0.709. The quantitative estimate of drug-likeness (QED) is 0.480. The second-order valence-corrected chi connectivity index (χ2v) is 3.53. The molecule has 2 nitrogen and oxygen atoms in total. The van der Waals surface area contributed by atoms with Crippen LogP contribution in [-0.4, -0.2) is 19.7 Å². The molecule has 0 aliphatic rings. The van der Waals surface area contributed by atoms with Crippen LogP contribution in [0.4, 0.5) is 0 Å². The maximum Gasteiger partial charge on any atom is 0.137 e. The highest BCUT2D eigenvalue weighted by Gasteiger charge is 2.00. The van der Waals surface area contributed by atoms with Crippen LogP contribution < -0.4 is 10.1 Å². The molecule has 0 aromatic heterocycles. The standard InChI is InChI=1S/C10H13Cl2NO/c1-14-10-3-2-8(6-9(10)12)4-5-13-7-11/h2-3,6,13H,4-5,7H2,1H3. The highest BCUT2D eigenvalue weighted by Crippen LogP contribution is 2.24. The van der Waals surface area contributed by atoms with Gasteiger partial charge in [0.05, 0.1) is 18.1 Å². The molecule has 0 unspecified atom stereocenters. The topological polar surface area (TPSA) is 21.3 Å². The molecule has 1 aromatic rings. The predicted molar refractivity (Wildman–Crippen MR) is 60.4 cm³/mol. The molecule has 0 saturated carbocycles. The van der Waals surface area contributed by atoms with Crippen LogP contribution in [0.1, 0.15) is 5.56 Å². The van der Waals surface area contributed by atoms with Crippen LogP contribution in [-0.2, 0) is 6.42 Å². The largest absolute Gasteiger partial charge is 0.495 e. The first-order valence-electron chi connectivity index (χ1n) is 4.37. The number of benzene rings is 1. The molecule has 1 rings (SSSR count). The summed E-state index contributed by atoms with van der Waals surface area (Å²) in [6, 6.07) is 6.26. The Balaban J connectivity index is 2.57. The van der Waals surface area contributed by atoms with E-state index in [1.54, 1.807) is 7.11 Å². The zero-order valence-electron chi connectivity index (χ0n) is 8.02. The molecule has 0 spiro atoms. The number of rotatable bonds is 5. The second-order valence-electron chi connectivity index (χ2n) is 2.85. The lowest BCUT2D eigenvalue weighted by molar-refractivity contribution is 0.415. The van der Waals surface area contributed by atoms with Crippen LogP contribution in [0.2, 0.25) is 5.02 Å². The Morgan fingerprint density at radius 3 is 2.79 bits per heavy atom. The molecule has 1 N–H and O–H groups in total. The van der Waals surface area contributed by atoms with E-state index in [2.05, 4.69) is 5.32 Å². The van der Waals surface area contributed by atoms with Gasteiger partial charge in [-0.2, -0.15) is 0 Å². The molecule has 0 aliphatic carbocycles. The average molecular weight is 234 g/mol. The first-order valence-corrected chi connectivity index (χ1v) is 5.28. The van der Waals surface area contributed by atoms with Crippen molar-refractivity contribution in [3.05, 3.63) is 28.8 Å². The molecular weight excluding hydrogens is 221 g/mol. The highest BCUT2D eigenvalue weighted by molar-refractivity contribution is 6.32. The molecular formula is C10H13Cl2NO. The summed E-state index contributed by atoms with van der Waals surface area (Å²) in [4.78, 5) is 0. The van der Waals surface area contributed by atoms with Crippen LogP contribution in [0.5, 0.6) is 5.75 Å². The Morgan fingerprint density at radius 1 is 1.43 bits per heavy atom. The Hall–Kier alpha value is -0.440. The molecule has 0 heterocycles. The van der Waals surface area contributed by atoms with Crippen molar-refractivity contribution in [2.75, 3.05) is 19.7 Å². The van der Waals surface area contributed by atoms with Crippen molar-refractivity contribution in [3.63, 3.8) is 0 Å². The average Bonchev–Trinajstić information content (AvgIpc) is 2.18. The van der Waals surface area contributed by atoms with Gasteiger partial charge >= 0.3 is 0 Å². The molecule has 1 aromatic carbocycles. The zero-order chi connectivity index (χ0) is 10.4. The fourth-order valence-corrected chi connectivity index (χ4v) is 1.58. The monoisotopic (exact) mass is 233 g/mol. The lowest BCUT2D eigenvalue weighted by Gasteiger charge is -2.05. The van der Waals surface area contributed by atoms with Crippen LogP contribution in [0.25, 0.3) is 0 Å². The van der Waals surface area contributed by atoms with E-state index in [0.29, 0.717) is 16.8 Å². The van der Waals surface area contributed by atoms with Gasteiger partial charge < -0.3 is 10.1 Å². The van der Waals surface area contributed by atoms with Crippen LogP contribution >= 0.6 is 23.2 Å². The lowest BCUT2D eigenvalue weighted by atomic mass is 10.1. The minimum absolute atomic E-state index is 0.476. The minimum Gasteiger partial charge on any atom is -0.495 e. The van der Waals surface area contributed by atoms with Crippen molar-refractivity contribution in [3.8, 4) is 5.75 Å². The van der Waals surface area contributed by atoms with Gasteiger partial charge in [-0.05, 0) is 24.1 Å². The van der Waals surface area contributed by atoms with Crippen molar-refractivity contribution in [1.82, 2.24) is 5.32 Å². The van der Waals surface area contributed by atoms with Gasteiger partial charge in [0.25, 0.3) is 0 Å². The minimum atomic E-state index is 0.476. The molecule has 0 radical (unpaired) electrons. The number of hydrogen-bond acceptors (Lipinski definition) is 2. The van der Waals surface area contributed by atoms with Crippen molar-refractivity contribution >= 4 is 23.2 Å². The Labute approximate surface area is 94.2 Å². The molecule has 4 heteroatoms. The van der Waals surface area contributed by atoms with Crippen molar-refractivity contribution < 1.29 is 4.74 Å². The van der Waals surface area contributed by atoms with Crippen molar-refractivity contribution in [2.24, 2.45) is 0 Å². The van der Waals surface area contributed by atoms with Crippen molar-refractivity contribution in [2.45, 2.75) is 6.42 Å².